The molecular weight excluding hydrogens is 287 g/mol. The van der Waals surface area contributed by atoms with Crippen LogP contribution in [0.5, 0.6) is 0 Å². The molecule has 4 heteroatoms. The van der Waals surface area contributed by atoms with E-state index < -0.39 is 0 Å². The van der Waals surface area contributed by atoms with Crippen molar-refractivity contribution >= 4 is 11.6 Å². The summed E-state index contributed by atoms with van der Waals surface area (Å²) < 4.78 is 13.4. The van der Waals surface area contributed by atoms with Gasteiger partial charge in [-0.25, -0.2) is 4.39 Å². The number of halogens is 2. The number of benzene rings is 2. The molecule has 0 aliphatic heterocycles. The Morgan fingerprint density at radius 2 is 1.90 bits per heavy atom. The Morgan fingerprint density at radius 1 is 1.24 bits per heavy atom. The smallest absolute Gasteiger partial charge is 0.124 e. The van der Waals surface area contributed by atoms with E-state index in [4.69, 9.17) is 16.9 Å². The third kappa shape index (κ3) is 4.04. The second-order valence-corrected chi connectivity index (χ2v) is 5.54. The molecule has 0 aliphatic rings. The molecule has 0 fully saturated rings. The van der Waals surface area contributed by atoms with Gasteiger partial charge in [0.05, 0.1) is 11.6 Å². The van der Waals surface area contributed by atoms with E-state index in [2.05, 4.69) is 11.8 Å². The summed E-state index contributed by atoms with van der Waals surface area (Å²) >= 11 is 5.89. The lowest BCUT2D eigenvalue weighted by Crippen LogP contribution is -2.22. The van der Waals surface area contributed by atoms with Crippen molar-refractivity contribution in [3.05, 3.63) is 70.0 Å². The predicted molar refractivity (Wildman–Crippen MR) is 82.4 cm³/mol. The van der Waals surface area contributed by atoms with Crippen LogP contribution >= 0.6 is 11.6 Å². The molecule has 0 aromatic heterocycles. The molecule has 108 valence electrons. The molecule has 0 aliphatic carbocycles. The Hall–Kier alpha value is -1.89. The SMILES string of the molecule is CC(c1ccc(Cl)cc1)N(C)Cc1cc(F)cc(C#N)c1. The standard InChI is InChI=1S/C17H16ClFN2/c1-12(15-3-5-16(18)6-4-15)21(2)11-14-7-13(10-20)8-17(19)9-14/h3-9,12H,11H2,1-2H3. The lowest BCUT2D eigenvalue weighted by Gasteiger charge is -2.25. The first-order valence-electron chi connectivity index (χ1n) is 6.65. The van der Waals surface area contributed by atoms with E-state index in [1.165, 1.54) is 12.1 Å². The molecule has 0 heterocycles. The maximum absolute atomic E-state index is 13.4. The van der Waals surface area contributed by atoms with Crippen molar-refractivity contribution < 1.29 is 4.39 Å². The largest absolute Gasteiger partial charge is 0.295 e. The van der Waals surface area contributed by atoms with Gasteiger partial charge in [0.25, 0.3) is 0 Å². The molecule has 1 atom stereocenters. The van der Waals surface area contributed by atoms with Gasteiger partial charge in [-0.05, 0) is 55.4 Å². The molecule has 2 aromatic carbocycles. The molecule has 0 saturated carbocycles. The van der Waals surface area contributed by atoms with Crippen molar-refractivity contribution in [3.63, 3.8) is 0 Å². The van der Waals surface area contributed by atoms with Crippen molar-refractivity contribution in [3.8, 4) is 6.07 Å². The van der Waals surface area contributed by atoms with Crippen LogP contribution in [-0.4, -0.2) is 11.9 Å². The summed E-state index contributed by atoms with van der Waals surface area (Å²) in [6, 6.07) is 14.2. The zero-order chi connectivity index (χ0) is 15.4. The lowest BCUT2D eigenvalue weighted by atomic mass is 10.1. The van der Waals surface area contributed by atoms with Gasteiger partial charge in [-0.3, -0.25) is 4.90 Å². The molecule has 0 saturated heterocycles. The molecule has 0 N–H and O–H groups in total. The Balaban J connectivity index is 2.14. The van der Waals surface area contributed by atoms with Gasteiger partial charge in [0, 0.05) is 17.6 Å². The number of nitrogens with zero attached hydrogens (tertiary/aromatic N) is 2. The number of rotatable bonds is 4. The Bertz CT molecular complexity index is 661. The summed E-state index contributed by atoms with van der Waals surface area (Å²) in [7, 11) is 1.97. The normalized spacial score (nSPS) is 12.2. The van der Waals surface area contributed by atoms with Crippen molar-refractivity contribution in [1.82, 2.24) is 4.90 Å². The zero-order valence-electron chi connectivity index (χ0n) is 12.0. The molecule has 0 amide bonds. The monoisotopic (exact) mass is 302 g/mol. The fourth-order valence-electron chi connectivity index (χ4n) is 2.23. The summed E-state index contributed by atoms with van der Waals surface area (Å²) in [5.74, 6) is -0.378. The van der Waals surface area contributed by atoms with Gasteiger partial charge in [-0.1, -0.05) is 23.7 Å². The Labute approximate surface area is 129 Å². The molecule has 1 unspecified atom stereocenters. The topological polar surface area (TPSA) is 27.0 Å². The van der Waals surface area contributed by atoms with Gasteiger partial charge in [0.1, 0.15) is 5.82 Å². The highest BCUT2D eigenvalue weighted by Crippen LogP contribution is 2.22. The molecule has 0 radical (unpaired) electrons. The molecule has 2 aromatic rings. The quantitative estimate of drug-likeness (QED) is 0.829. The van der Waals surface area contributed by atoms with Crippen molar-refractivity contribution in [2.75, 3.05) is 7.05 Å². The first-order chi connectivity index (χ1) is 9.99. The molecule has 0 bridgehead atoms. The van der Waals surface area contributed by atoms with E-state index in [-0.39, 0.29) is 11.9 Å². The number of hydrogen-bond donors (Lipinski definition) is 0. The Morgan fingerprint density at radius 3 is 2.52 bits per heavy atom. The third-order valence-corrected chi connectivity index (χ3v) is 3.78. The molecule has 2 rings (SSSR count). The van der Waals surface area contributed by atoms with Gasteiger partial charge >= 0.3 is 0 Å². The van der Waals surface area contributed by atoms with Crippen LogP contribution in [0.2, 0.25) is 5.02 Å². The minimum absolute atomic E-state index is 0.163. The van der Waals surface area contributed by atoms with E-state index in [0.29, 0.717) is 17.1 Å². The van der Waals surface area contributed by atoms with Crippen LogP contribution in [0.1, 0.15) is 29.7 Å². The summed E-state index contributed by atoms with van der Waals surface area (Å²) in [4.78, 5) is 2.10. The first-order valence-corrected chi connectivity index (χ1v) is 7.02. The second kappa shape index (κ2) is 6.71. The number of hydrogen-bond acceptors (Lipinski definition) is 2. The first kappa shape index (κ1) is 15.5. The highest BCUT2D eigenvalue weighted by Gasteiger charge is 2.13. The fraction of sp³-hybridized carbons (Fsp3) is 0.235. The van der Waals surface area contributed by atoms with E-state index in [1.54, 1.807) is 6.07 Å². The maximum Gasteiger partial charge on any atom is 0.124 e. The maximum atomic E-state index is 13.4. The van der Waals surface area contributed by atoms with Crippen LogP contribution in [-0.2, 0) is 6.54 Å². The van der Waals surface area contributed by atoms with Gasteiger partial charge in [-0.15, -0.1) is 0 Å². The summed E-state index contributed by atoms with van der Waals surface area (Å²) in [6.07, 6.45) is 0. The summed E-state index contributed by atoms with van der Waals surface area (Å²) in [6.45, 7) is 2.64. The molecule has 21 heavy (non-hydrogen) atoms. The highest BCUT2D eigenvalue weighted by atomic mass is 35.5. The van der Waals surface area contributed by atoms with Gasteiger partial charge < -0.3 is 0 Å². The van der Waals surface area contributed by atoms with Crippen molar-refractivity contribution in [2.24, 2.45) is 0 Å². The minimum Gasteiger partial charge on any atom is -0.295 e. The highest BCUT2D eigenvalue weighted by molar-refractivity contribution is 6.30. The molecule has 2 nitrogen and oxygen atoms in total. The van der Waals surface area contributed by atoms with Crippen molar-refractivity contribution in [1.29, 1.82) is 5.26 Å². The van der Waals surface area contributed by atoms with Crippen LogP contribution in [0.15, 0.2) is 42.5 Å². The summed E-state index contributed by atoms with van der Waals surface area (Å²) in [5.41, 5.74) is 2.27. The van der Waals surface area contributed by atoms with Crippen LogP contribution in [0.25, 0.3) is 0 Å². The number of nitriles is 1. The average molecular weight is 303 g/mol. The van der Waals surface area contributed by atoms with Crippen molar-refractivity contribution in [2.45, 2.75) is 19.5 Å². The van der Waals surface area contributed by atoms with Gasteiger partial charge in [0.15, 0.2) is 0 Å². The second-order valence-electron chi connectivity index (χ2n) is 5.10. The minimum atomic E-state index is -0.378. The molecular formula is C17H16ClFN2. The summed E-state index contributed by atoms with van der Waals surface area (Å²) in [5, 5.41) is 9.60. The predicted octanol–water partition coefficient (Wildman–Crippen LogP) is 4.54. The fourth-order valence-corrected chi connectivity index (χ4v) is 2.35. The van der Waals surface area contributed by atoms with E-state index in [9.17, 15) is 4.39 Å². The van der Waals surface area contributed by atoms with E-state index in [1.807, 2.05) is 37.4 Å². The van der Waals surface area contributed by atoms with Crippen LogP contribution in [0.3, 0.4) is 0 Å². The lowest BCUT2D eigenvalue weighted by molar-refractivity contribution is 0.253. The van der Waals surface area contributed by atoms with E-state index in [0.717, 1.165) is 11.1 Å². The van der Waals surface area contributed by atoms with Gasteiger partial charge in [-0.2, -0.15) is 5.26 Å². The van der Waals surface area contributed by atoms with Gasteiger partial charge in [0.2, 0.25) is 0 Å². The van der Waals surface area contributed by atoms with Crippen LogP contribution < -0.4 is 0 Å². The van der Waals surface area contributed by atoms with Crippen LogP contribution in [0, 0.1) is 17.1 Å². The average Bonchev–Trinajstić information content (AvgIpc) is 2.46. The van der Waals surface area contributed by atoms with Crippen LogP contribution in [0.4, 0.5) is 4.39 Å². The third-order valence-electron chi connectivity index (χ3n) is 3.53. The zero-order valence-corrected chi connectivity index (χ0v) is 12.7. The van der Waals surface area contributed by atoms with E-state index >= 15 is 0 Å². The Kier molecular flexibility index (Phi) is 4.95. The molecule has 0 spiro atoms.